The first-order chi connectivity index (χ1) is 7.56. The van der Waals surface area contributed by atoms with Crippen molar-refractivity contribution in [2.24, 2.45) is 11.7 Å². The highest BCUT2D eigenvalue weighted by Crippen LogP contribution is 2.15. The summed E-state index contributed by atoms with van der Waals surface area (Å²) in [6, 6.07) is 0. The Balaban J connectivity index is 4.36. The van der Waals surface area contributed by atoms with Gasteiger partial charge in [0.05, 0.1) is 0 Å². The first-order valence-electron chi connectivity index (χ1n) is 5.25. The predicted molar refractivity (Wildman–Crippen MR) is 61.5 cm³/mol. The van der Waals surface area contributed by atoms with Crippen LogP contribution in [0.5, 0.6) is 0 Å². The molecule has 0 rings (SSSR count). The molecule has 0 aliphatic carbocycles. The number of nitrogens with two attached hydrogens (primary N) is 2. The first-order valence-corrected chi connectivity index (χ1v) is 5.25. The maximum absolute atomic E-state index is 11.4. The van der Waals surface area contributed by atoms with Crippen molar-refractivity contribution in [3.05, 3.63) is 11.1 Å². The summed E-state index contributed by atoms with van der Waals surface area (Å²) < 4.78 is 0. The molecule has 0 saturated carbocycles. The van der Waals surface area contributed by atoms with E-state index in [9.17, 15) is 9.59 Å². The number of hydrazine groups is 2. The predicted octanol–water partition coefficient (Wildman–Crippen LogP) is -0.137. The van der Waals surface area contributed by atoms with Crippen LogP contribution in [-0.4, -0.2) is 11.8 Å². The van der Waals surface area contributed by atoms with Gasteiger partial charge in [-0.15, -0.1) is 0 Å². The summed E-state index contributed by atoms with van der Waals surface area (Å²) in [7, 11) is 0. The van der Waals surface area contributed by atoms with Gasteiger partial charge >= 0.3 is 0 Å². The van der Waals surface area contributed by atoms with Gasteiger partial charge in [0.1, 0.15) is 0 Å². The third-order valence-electron chi connectivity index (χ3n) is 2.44. The molecule has 6 nitrogen and oxygen atoms in total. The van der Waals surface area contributed by atoms with Gasteiger partial charge in [-0.25, -0.2) is 11.7 Å². The summed E-state index contributed by atoms with van der Waals surface area (Å²) in [6.45, 7) is 3.85. The molecule has 16 heavy (non-hydrogen) atoms. The maximum atomic E-state index is 11.4. The number of carbonyl (C=O) groups is 2. The summed E-state index contributed by atoms with van der Waals surface area (Å²) in [5.74, 6) is 9.52. The second-order valence-corrected chi connectivity index (χ2v) is 3.51. The number of hydrogen-bond acceptors (Lipinski definition) is 4. The molecule has 0 unspecified atom stereocenters. The molecule has 6 N–H and O–H groups in total. The van der Waals surface area contributed by atoms with Crippen molar-refractivity contribution in [2.75, 3.05) is 0 Å². The molecule has 0 aromatic heterocycles. The van der Waals surface area contributed by atoms with Crippen LogP contribution in [0.25, 0.3) is 0 Å². The van der Waals surface area contributed by atoms with Gasteiger partial charge < -0.3 is 0 Å². The van der Waals surface area contributed by atoms with Gasteiger partial charge in [-0.2, -0.15) is 0 Å². The molecule has 92 valence electrons. The summed E-state index contributed by atoms with van der Waals surface area (Å²) in [5, 5.41) is 0. The highest BCUT2D eigenvalue weighted by Gasteiger charge is 2.11. The van der Waals surface area contributed by atoms with Gasteiger partial charge in [-0.05, 0) is 26.2 Å². The maximum Gasteiger partial charge on any atom is 0.261 e. The van der Waals surface area contributed by atoms with Crippen molar-refractivity contribution >= 4 is 11.8 Å². The molecule has 0 spiro atoms. The number of rotatable bonds is 6. The largest absolute Gasteiger partial charge is 0.294 e. The van der Waals surface area contributed by atoms with Crippen LogP contribution in [-0.2, 0) is 9.59 Å². The Kier molecular flexibility index (Phi) is 7.15. The van der Waals surface area contributed by atoms with E-state index in [1.54, 1.807) is 0 Å². The molecule has 0 aliphatic rings. The van der Waals surface area contributed by atoms with Crippen molar-refractivity contribution < 1.29 is 9.59 Å². The van der Waals surface area contributed by atoms with E-state index in [0.717, 1.165) is 12.0 Å². The van der Waals surface area contributed by atoms with E-state index in [1.165, 1.54) is 0 Å². The van der Waals surface area contributed by atoms with Gasteiger partial charge in [-0.1, -0.05) is 12.5 Å². The number of allylic oxidation sites excluding steroid dienone is 1. The van der Waals surface area contributed by atoms with Crippen LogP contribution in [0.1, 0.15) is 39.5 Å². The van der Waals surface area contributed by atoms with Crippen LogP contribution >= 0.6 is 0 Å². The number of hydrogen-bond donors (Lipinski definition) is 4. The van der Waals surface area contributed by atoms with Crippen molar-refractivity contribution in [1.82, 2.24) is 10.9 Å². The molecule has 0 atom stereocenters. The van der Waals surface area contributed by atoms with Crippen LogP contribution in [0.15, 0.2) is 11.1 Å². The van der Waals surface area contributed by atoms with E-state index >= 15 is 0 Å². The minimum atomic E-state index is -0.285. The molecule has 0 aromatic carbocycles. The average molecular weight is 228 g/mol. The number of nitrogens with one attached hydrogen (secondary N) is 2. The summed E-state index contributed by atoms with van der Waals surface area (Å²) in [5.41, 5.74) is 5.79. The Hall–Kier alpha value is -1.40. The Labute approximate surface area is 95.4 Å². The van der Waals surface area contributed by atoms with E-state index in [4.69, 9.17) is 11.7 Å². The monoisotopic (exact) mass is 228 g/mol. The summed E-state index contributed by atoms with van der Waals surface area (Å²) in [6.07, 6.45) is 2.18. The molecule has 2 amide bonds. The third kappa shape index (κ3) is 4.90. The van der Waals surface area contributed by atoms with E-state index in [2.05, 4.69) is 5.43 Å². The average Bonchev–Trinajstić information content (AvgIpc) is 2.32. The van der Waals surface area contributed by atoms with Crippen LogP contribution in [0, 0.1) is 0 Å². The molecule has 6 heteroatoms. The lowest BCUT2D eigenvalue weighted by Crippen LogP contribution is -2.32. The van der Waals surface area contributed by atoms with Gasteiger partial charge in [0.15, 0.2) is 0 Å². The normalized spacial score (nSPS) is 11.8. The molecular formula is C10H20N4O2. The highest BCUT2D eigenvalue weighted by atomic mass is 16.2. The SMILES string of the molecule is CCC(C)=C(CCCC(=O)NN)C(=O)NN. The standard InChI is InChI=1S/C10H20N4O2/c1-3-7(2)8(10(16)14-12)5-4-6-9(15)13-11/h3-6,11-12H2,1-2H3,(H,13,15)(H,14,16). The highest BCUT2D eigenvalue weighted by molar-refractivity contribution is 5.93. The third-order valence-corrected chi connectivity index (χ3v) is 2.44. The van der Waals surface area contributed by atoms with Crippen LogP contribution < -0.4 is 22.5 Å². The van der Waals surface area contributed by atoms with Crippen molar-refractivity contribution in [3.8, 4) is 0 Å². The topological polar surface area (TPSA) is 110 Å². The fraction of sp³-hybridized carbons (Fsp3) is 0.600. The number of carbonyl (C=O) groups excluding carboxylic acids is 2. The Morgan fingerprint density at radius 1 is 1.12 bits per heavy atom. The first kappa shape index (κ1) is 14.6. The summed E-state index contributed by atoms with van der Waals surface area (Å²) >= 11 is 0. The molecule has 0 bridgehead atoms. The molecule has 0 fully saturated rings. The van der Waals surface area contributed by atoms with E-state index in [-0.39, 0.29) is 11.8 Å². The molecule has 0 aliphatic heterocycles. The lowest BCUT2D eigenvalue weighted by molar-refractivity contribution is -0.121. The minimum absolute atomic E-state index is 0.235. The smallest absolute Gasteiger partial charge is 0.261 e. The molecule has 0 heterocycles. The zero-order valence-corrected chi connectivity index (χ0v) is 9.80. The van der Waals surface area contributed by atoms with Crippen LogP contribution in [0.3, 0.4) is 0 Å². The molecule has 0 radical (unpaired) electrons. The van der Waals surface area contributed by atoms with E-state index < -0.39 is 0 Å². The zero-order valence-electron chi connectivity index (χ0n) is 9.80. The van der Waals surface area contributed by atoms with Crippen LogP contribution in [0.4, 0.5) is 0 Å². The van der Waals surface area contributed by atoms with E-state index in [1.807, 2.05) is 19.3 Å². The van der Waals surface area contributed by atoms with Gasteiger partial charge in [-0.3, -0.25) is 20.4 Å². The fourth-order valence-corrected chi connectivity index (χ4v) is 1.32. The molecular weight excluding hydrogens is 208 g/mol. The van der Waals surface area contributed by atoms with Crippen molar-refractivity contribution in [2.45, 2.75) is 39.5 Å². The Morgan fingerprint density at radius 2 is 1.75 bits per heavy atom. The molecule has 0 saturated heterocycles. The van der Waals surface area contributed by atoms with Gasteiger partial charge in [0.2, 0.25) is 5.91 Å². The number of amides is 2. The second-order valence-electron chi connectivity index (χ2n) is 3.51. The van der Waals surface area contributed by atoms with E-state index in [0.29, 0.717) is 24.8 Å². The minimum Gasteiger partial charge on any atom is -0.294 e. The zero-order chi connectivity index (χ0) is 12.6. The van der Waals surface area contributed by atoms with Crippen molar-refractivity contribution in [1.29, 1.82) is 0 Å². The summed E-state index contributed by atoms with van der Waals surface area (Å²) in [4.78, 5) is 22.3. The van der Waals surface area contributed by atoms with Crippen LogP contribution in [0.2, 0.25) is 0 Å². The fourth-order valence-electron chi connectivity index (χ4n) is 1.32. The van der Waals surface area contributed by atoms with Gasteiger partial charge in [0, 0.05) is 12.0 Å². The molecule has 0 aromatic rings. The lowest BCUT2D eigenvalue weighted by atomic mass is 10.0. The Bertz CT molecular complexity index is 287. The quantitative estimate of drug-likeness (QED) is 0.219. The second kappa shape index (κ2) is 7.84. The lowest BCUT2D eigenvalue weighted by Gasteiger charge is -2.09. The Morgan fingerprint density at radius 3 is 2.19 bits per heavy atom. The van der Waals surface area contributed by atoms with Crippen molar-refractivity contribution in [3.63, 3.8) is 0 Å². The van der Waals surface area contributed by atoms with Gasteiger partial charge in [0.25, 0.3) is 5.91 Å².